The van der Waals surface area contributed by atoms with Crippen molar-refractivity contribution in [2.24, 2.45) is 5.92 Å². The molecular formula is C14H16F3NO4. The number of alkyl halides is 3. The molecule has 0 aromatic carbocycles. The number of esters is 1. The van der Waals surface area contributed by atoms with Gasteiger partial charge in [0.15, 0.2) is 5.69 Å². The molecule has 8 heteroatoms. The van der Waals surface area contributed by atoms with Gasteiger partial charge in [-0.05, 0) is 24.8 Å². The lowest BCUT2D eigenvalue weighted by atomic mass is 9.93. The van der Waals surface area contributed by atoms with Gasteiger partial charge < -0.3 is 9.84 Å². The van der Waals surface area contributed by atoms with Gasteiger partial charge in [-0.2, -0.15) is 13.2 Å². The Morgan fingerprint density at radius 2 is 1.95 bits per heavy atom. The van der Waals surface area contributed by atoms with Crippen LogP contribution in [0.5, 0.6) is 0 Å². The molecule has 1 rings (SSSR count). The maximum atomic E-state index is 13.1. The Hall–Kier alpha value is -2.12. The minimum Gasteiger partial charge on any atom is -0.478 e. The van der Waals surface area contributed by atoms with E-state index in [1.807, 2.05) is 0 Å². The van der Waals surface area contributed by atoms with E-state index in [-0.39, 0.29) is 24.5 Å². The maximum Gasteiger partial charge on any atom is 0.434 e. The topological polar surface area (TPSA) is 76.5 Å². The van der Waals surface area contributed by atoms with Crippen molar-refractivity contribution in [1.82, 2.24) is 4.98 Å². The molecule has 0 aliphatic heterocycles. The molecule has 5 nitrogen and oxygen atoms in total. The van der Waals surface area contributed by atoms with Crippen LogP contribution >= 0.6 is 0 Å². The Kier molecular flexibility index (Phi) is 5.51. The number of carboxylic acid groups (broad SMARTS) is 1. The fourth-order valence-corrected chi connectivity index (χ4v) is 1.99. The molecular weight excluding hydrogens is 303 g/mol. The quantitative estimate of drug-likeness (QED) is 0.844. The van der Waals surface area contributed by atoms with Crippen molar-refractivity contribution in [3.05, 3.63) is 28.6 Å². The zero-order chi connectivity index (χ0) is 17.1. The number of hydrogen-bond donors (Lipinski definition) is 1. The zero-order valence-electron chi connectivity index (χ0n) is 12.3. The standard InChI is InChI=1S/C14H16F3NO4/c1-4-22-13(21)10-8(5-7(2)3)9(12(19)20)6-18-11(10)14(15,16)17/h6-7H,4-5H2,1-3H3,(H,19,20). The Morgan fingerprint density at radius 3 is 2.36 bits per heavy atom. The van der Waals surface area contributed by atoms with Gasteiger partial charge in [-0.15, -0.1) is 0 Å². The molecule has 1 aromatic heterocycles. The smallest absolute Gasteiger partial charge is 0.434 e. The van der Waals surface area contributed by atoms with Crippen LogP contribution in [0.15, 0.2) is 6.20 Å². The molecule has 0 atom stereocenters. The summed E-state index contributed by atoms with van der Waals surface area (Å²) >= 11 is 0. The number of nitrogens with zero attached hydrogens (tertiary/aromatic N) is 1. The average molecular weight is 319 g/mol. The average Bonchev–Trinajstić information content (AvgIpc) is 2.36. The molecule has 1 aromatic rings. The van der Waals surface area contributed by atoms with Crippen LogP contribution in [-0.2, 0) is 17.3 Å². The van der Waals surface area contributed by atoms with Crippen molar-refractivity contribution in [1.29, 1.82) is 0 Å². The second-order valence-electron chi connectivity index (χ2n) is 5.00. The molecule has 0 unspecified atom stereocenters. The van der Waals surface area contributed by atoms with Crippen molar-refractivity contribution < 1.29 is 32.6 Å². The number of aromatic carboxylic acids is 1. The molecule has 122 valence electrons. The minimum absolute atomic E-state index is 0.0125. The SMILES string of the molecule is CCOC(=O)c1c(C(F)(F)F)ncc(C(=O)O)c1CC(C)C. The lowest BCUT2D eigenvalue weighted by Crippen LogP contribution is -2.23. The first-order valence-electron chi connectivity index (χ1n) is 6.59. The highest BCUT2D eigenvalue weighted by Gasteiger charge is 2.40. The predicted molar refractivity (Wildman–Crippen MR) is 70.7 cm³/mol. The van der Waals surface area contributed by atoms with Crippen LogP contribution < -0.4 is 0 Å². The second kappa shape index (κ2) is 6.76. The molecule has 0 aliphatic carbocycles. The summed E-state index contributed by atoms with van der Waals surface area (Å²) in [6.07, 6.45) is -4.27. The molecule has 0 aliphatic rings. The van der Waals surface area contributed by atoms with Gasteiger partial charge in [0.05, 0.1) is 17.7 Å². The summed E-state index contributed by atoms with van der Waals surface area (Å²) in [7, 11) is 0. The monoisotopic (exact) mass is 319 g/mol. The first kappa shape index (κ1) is 17.9. The molecule has 1 N–H and O–H groups in total. The second-order valence-corrected chi connectivity index (χ2v) is 5.00. The molecule has 0 saturated carbocycles. The van der Waals surface area contributed by atoms with Gasteiger partial charge in [-0.3, -0.25) is 4.98 Å². The van der Waals surface area contributed by atoms with Gasteiger partial charge in [-0.25, -0.2) is 9.59 Å². The van der Waals surface area contributed by atoms with E-state index >= 15 is 0 Å². The summed E-state index contributed by atoms with van der Waals surface area (Å²) in [4.78, 5) is 26.3. The highest BCUT2D eigenvalue weighted by Crippen LogP contribution is 2.34. The van der Waals surface area contributed by atoms with Gasteiger partial charge in [0.1, 0.15) is 0 Å². The minimum atomic E-state index is -4.88. The molecule has 0 spiro atoms. The Balaban J connectivity index is 3.69. The van der Waals surface area contributed by atoms with E-state index in [4.69, 9.17) is 5.11 Å². The van der Waals surface area contributed by atoms with Gasteiger partial charge in [-0.1, -0.05) is 13.8 Å². The van der Waals surface area contributed by atoms with Gasteiger partial charge >= 0.3 is 18.1 Å². The third kappa shape index (κ3) is 3.96. The number of carboxylic acids is 1. The van der Waals surface area contributed by atoms with Gasteiger partial charge in [0.25, 0.3) is 0 Å². The molecule has 0 saturated heterocycles. The predicted octanol–water partition coefficient (Wildman–Crippen LogP) is 3.17. The van der Waals surface area contributed by atoms with E-state index in [9.17, 15) is 22.8 Å². The number of aromatic nitrogens is 1. The van der Waals surface area contributed by atoms with Crippen LogP contribution in [0.1, 0.15) is 52.7 Å². The largest absolute Gasteiger partial charge is 0.478 e. The summed E-state index contributed by atoms with van der Waals surface area (Å²) in [5.74, 6) is -2.82. The van der Waals surface area contributed by atoms with E-state index in [1.165, 1.54) is 6.92 Å². The Bertz CT molecular complexity index is 582. The van der Waals surface area contributed by atoms with Crippen LogP contribution in [0.4, 0.5) is 13.2 Å². The maximum absolute atomic E-state index is 13.1. The van der Waals surface area contributed by atoms with E-state index < -0.39 is 34.9 Å². The van der Waals surface area contributed by atoms with Gasteiger partial charge in [0.2, 0.25) is 0 Å². The molecule has 0 bridgehead atoms. The fourth-order valence-electron chi connectivity index (χ4n) is 1.99. The van der Waals surface area contributed by atoms with E-state index in [0.717, 1.165) is 0 Å². The number of hydrogen-bond acceptors (Lipinski definition) is 4. The Labute approximate surface area is 125 Å². The van der Waals surface area contributed by atoms with Crippen LogP contribution in [0.3, 0.4) is 0 Å². The Morgan fingerprint density at radius 1 is 1.36 bits per heavy atom. The van der Waals surface area contributed by atoms with Crippen LogP contribution in [-0.4, -0.2) is 28.6 Å². The van der Waals surface area contributed by atoms with Crippen molar-refractivity contribution >= 4 is 11.9 Å². The lowest BCUT2D eigenvalue weighted by molar-refractivity contribution is -0.141. The molecule has 1 heterocycles. The third-order valence-corrected chi connectivity index (χ3v) is 2.78. The normalized spacial score (nSPS) is 11.6. The van der Waals surface area contributed by atoms with Crippen LogP contribution in [0.25, 0.3) is 0 Å². The molecule has 22 heavy (non-hydrogen) atoms. The van der Waals surface area contributed by atoms with E-state index in [0.29, 0.717) is 6.20 Å². The first-order valence-corrected chi connectivity index (χ1v) is 6.59. The van der Waals surface area contributed by atoms with Crippen molar-refractivity contribution in [3.8, 4) is 0 Å². The van der Waals surface area contributed by atoms with Crippen molar-refractivity contribution in [3.63, 3.8) is 0 Å². The number of halogens is 3. The number of carbonyl (C=O) groups excluding carboxylic acids is 1. The highest BCUT2D eigenvalue weighted by molar-refractivity contribution is 5.98. The zero-order valence-corrected chi connectivity index (χ0v) is 12.3. The van der Waals surface area contributed by atoms with Crippen molar-refractivity contribution in [2.45, 2.75) is 33.4 Å². The van der Waals surface area contributed by atoms with E-state index in [2.05, 4.69) is 9.72 Å². The number of carbonyl (C=O) groups is 2. The molecule has 0 fully saturated rings. The van der Waals surface area contributed by atoms with Crippen molar-refractivity contribution in [2.75, 3.05) is 6.61 Å². The number of pyridine rings is 1. The first-order chi connectivity index (χ1) is 10.1. The summed E-state index contributed by atoms with van der Waals surface area (Å²) in [5, 5.41) is 9.14. The summed E-state index contributed by atoms with van der Waals surface area (Å²) in [6.45, 7) is 4.72. The molecule has 0 radical (unpaired) electrons. The van der Waals surface area contributed by atoms with E-state index in [1.54, 1.807) is 13.8 Å². The molecule has 0 amide bonds. The summed E-state index contributed by atoms with van der Waals surface area (Å²) in [6, 6.07) is 0. The lowest BCUT2D eigenvalue weighted by Gasteiger charge is -2.18. The third-order valence-electron chi connectivity index (χ3n) is 2.78. The number of ether oxygens (including phenoxy) is 1. The highest BCUT2D eigenvalue weighted by atomic mass is 19.4. The number of rotatable bonds is 5. The van der Waals surface area contributed by atoms with Crippen LogP contribution in [0, 0.1) is 5.92 Å². The van der Waals surface area contributed by atoms with Crippen LogP contribution in [0.2, 0.25) is 0 Å². The fraction of sp³-hybridized carbons (Fsp3) is 0.500. The summed E-state index contributed by atoms with van der Waals surface area (Å²) < 4.78 is 43.9. The van der Waals surface area contributed by atoms with Gasteiger partial charge in [0, 0.05) is 6.20 Å². The summed E-state index contributed by atoms with van der Waals surface area (Å²) in [5.41, 5.74) is -2.87.